The zero-order chi connectivity index (χ0) is 13.1. The summed E-state index contributed by atoms with van der Waals surface area (Å²) in [7, 11) is 0. The van der Waals surface area contributed by atoms with Crippen molar-refractivity contribution in [3.05, 3.63) is 29.8 Å². The Bertz CT molecular complexity index is 365. The summed E-state index contributed by atoms with van der Waals surface area (Å²) < 4.78 is 0. The Hall–Kier alpha value is -1.02. The number of rotatable bonds is 6. The molecule has 0 unspecified atom stereocenters. The molecular formula is C16H26N2. The van der Waals surface area contributed by atoms with Crippen LogP contribution < -0.4 is 10.6 Å². The van der Waals surface area contributed by atoms with Gasteiger partial charge in [-0.1, -0.05) is 32.9 Å². The van der Waals surface area contributed by atoms with Crippen molar-refractivity contribution < 1.29 is 0 Å². The van der Waals surface area contributed by atoms with Crippen LogP contribution in [0.25, 0.3) is 0 Å². The highest BCUT2D eigenvalue weighted by atomic mass is 15.2. The van der Waals surface area contributed by atoms with Gasteiger partial charge in [-0.25, -0.2) is 0 Å². The van der Waals surface area contributed by atoms with Crippen LogP contribution in [0.5, 0.6) is 0 Å². The van der Waals surface area contributed by atoms with E-state index in [1.54, 1.807) is 0 Å². The van der Waals surface area contributed by atoms with Crippen LogP contribution in [0.3, 0.4) is 0 Å². The first-order valence-corrected chi connectivity index (χ1v) is 7.24. The molecule has 0 amide bonds. The van der Waals surface area contributed by atoms with Crippen molar-refractivity contribution in [2.75, 3.05) is 11.4 Å². The van der Waals surface area contributed by atoms with Crippen LogP contribution in [0.2, 0.25) is 0 Å². The molecule has 0 spiro atoms. The van der Waals surface area contributed by atoms with Crippen molar-refractivity contribution in [2.24, 2.45) is 11.7 Å². The lowest BCUT2D eigenvalue weighted by Crippen LogP contribution is -2.29. The summed E-state index contributed by atoms with van der Waals surface area (Å²) in [5.41, 5.74) is 8.67. The lowest BCUT2D eigenvalue weighted by atomic mass is 10.0. The van der Waals surface area contributed by atoms with Crippen molar-refractivity contribution in [3.8, 4) is 0 Å². The second-order valence-electron chi connectivity index (χ2n) is 5.88. The second-order valence-corrected chi connectivity index (χ2v) is 5.88. The Labute approximate surface area is 111 Å². The Balaban J connectivity index is 2.10. The molecule has 1 fully saturated rings. The van der Waals surface area contributed by atoms with Crippen molar-refractivity contribution in [1.82, 2.24) is 0 Å². The topological polar surface area (TPSA) is 29.3 Å². The van der Waals surface area contributed by atoms with Crippen molar-refractivity contribution in [2.45, 2.75) is 52.1 Å². The normalized spacial score (nSPS) is 16.9. The third kappa shape index (κ3) is 3.26. The van der Waals surface area contributed by atoms with Crippen LogP contribution in [0.15, 0.2) is 24.3 Å². The molecule has 0 aliphatic heterocycles. The number of hydrogen-bond donors (Lipinski definition) is 1. The summed E-state index contributed by atoms with van der Waals surface area (Å²) in [6.07, 6.45) is 3.70. The summed E-state index contributed by atoms with van der Waals surface area (Å²) in [5.74, 6) is 0.711. The first-order valence-electron chi connectivity index (χ1n) is 7.24. The first-order chi connectivity index (χ1) is 8.61. The van der Waals surface area contributed by atoms with Crippen molar-refractivity contribution in [1.29, 1.82) is 0 Å². The van der Waals surface area contributed by atoms with Crippen LogP contribution in [0.1, 0.15) is 51.6 Å². The molecule has 0 saturated heterocycles. The Kier molecular flexibility index (Phi) is 4.28. The fourth-order valence-corrected chi connectivity index (χ4v) is 2.39. The molecule has 1 aromatic rings. The predicted molar refractivity (Wildman–Crippen MR) is 78.9 cm³/mol. The van der Waals surface area contributed by atoms with Crippen LogP contribution in [0.4, 0.5) is 5.69 Å². The lowest BCUT2D eigenvalue weighted by molar-refractivity contribution is 0.607. The van der Waals surface area contributed by atoms with Crippen molar-refractivity contribution in [3.63, 3.8) is 0 Å². The SMILES string of the molecule is CC[C@H](N)c1ccc(N(CC(C)C)C2CC2)cc1. The van der Waals surface area contributed by atoms with E-state index in [0.29, 0.717) is 5.92 Å². The standard InChI is InChI=1S/C16H26N2/c1-4-16(17)13-5-7-14(8-6-13)18(11-12(2)3)15-9-10-15/h5-8,12,15-16H,4,9-11,17H2,1-3H3/t16-/m0/s1. The molecule has 0 radical (unpaired) electrons. The molecular weight excluding hydrogens is 220 g/mol. The van der Waals surface area contributed by atoms with E-state index < -0.39 is 0 Å². The van der Waals surface area contributed by atoms with Crippen LogP contribution >= 0.6 is 0 Å². The molecule has 2 heteroatoms. The third-order valence-corrected chi connectivity index (χ3v) is 3.64. The van der Waals surface area contributed by atoms with Gasteiger partial charge in [0.25, 0.3) is 0 Å². The summed E-state index contributed by atoms with van der Waals surface area (Å²) in [4.78, 5) is 2.56. The van der Waals surface area contributed by atoms with Gasteiger partial charge < -0.3 is 10.6 Å². The summed E-state index contributed by atoms with van der Waals surface area (Å²) in [6.45, 7) is 7.87. The Morgan fingerprint density at radius 2 is 1.83 bits per heavy atom. The quantitative estimate of drug-likeness (QED) is 0.829. The van der Waals surface area contributed by atoms with Crippen molar-refractivity contribution >= 4 is 5.69 Å². The van der Waals surface area contributed by atoms with Crippen LogP contribution in [0, 0.1) is 5.92 Å². The molecule has 1 atom stereocenters. The second kappa shape index (κ2) is 5.75. The molecule has 0 heterocycles. The van der Waals surface area contributed by atoms with Gasteiger partial charge in [0, 0.05) is 24.3 Å². The number of hydrogen-bond acceptors (Lipinski definition) is 2. The van der Waals surface area contributed by atoms with Gasteiger partial charge in [0.05, 0.1) is 0 Å². The fraction of sp³-hybridized carbons (Fsp3) is 0.625. The maximum atomic E-state index is 6.06. The van der Waals surface area contributed by atoms with Crippen LogP contribution in [-0.2, 0) is 0 Å². The highest BCUT2D eigenvalue weighted by Gasteiger charge is 2.29. The number of anilines is 1. The number of nitrogens with zero attached hydrogens (tertiary/aromatic N) is 1. The van der Waals surface area contributed by atoms with Gasteiger partial charge in [-0.3, -0.25) is 0 Å². The monoisotopic (exact) mass is 246 g/mol. The van der Waals surface area contributed by atoms with Gasteiger partial charge in [0.15, 0.2) is 0 Å². The maximum Gasteiger partial charge on any atom is 0.0369 e. The third-order valence-electron chi connectivity index (χ3n) is 3.64. The van der Waals surface area contributed by atoms with Gasteiger partial charge in [-0.2, -0.15) is 0 Å². The predicted octanol–water partition coefficient (Wildman–Crippen LogP) is 3.72. The summed E-state index contributed by atoms with van der Waals surface area (Å²) >= 11 is 0. The van der Waals surface area contributed by atoms with Gasteiger partial charge >= 0.3 is 0 Å². The Morgan fingerprint density at radius 3 is 2.28 bits per heavy atom. The molecule has 1 aliphatic carbocycles. The minimum atomic E-state index is 0.179. The minimum absolute atomic E-state index is 0.179. The molecule has 2 N–H and O–H groups in total. The van der Waals surface area contributed by atoms with Gasteiger partial charge in [-0.15, -0.1) is 0 Å². The molecule has 0 bridgehead atoms. The van der Waals surface area contributed by atoms with E-state index in [9.17, 15) is 0 Å². The molecule has 1 aliphatic rings. The van der Waals surface area contributed by atoms with Gasteiger partial charge in [0.1, 0.15) is 0 Å². The molecule has 1 saturated carbocycles. The molecule has 1 aromatic carbocycles. The fourth-order valence-electron chi connectivity index (χ4n) is 2.39. The number of benzene rings is 1. The molecule has 2 nitrogen and oxygen atoms in total. The Morgan fingerprint density at radius 1 is 1.22 bits per heavy atom. The molecule has 2 rings (SSSR count). The average molecular weight is 246 g/mol. The van der Waals surface area contributed by atoms with E-state index in [0.717, 1.165) is 19.0 Å². The zero-order valence-corrected chi connectivity index (χ0v) is 11.9. The van der Waals surface area contributed by atoms with Gasteiger partial charge in [-0.05, 0) is 42.9 Å². The van der Waals surface area contributed by atoms with E-state index in [1.165, 1.54) is 24.1 Å². The lowest BCUT2D eigenvalue weighted by Gasteiger charge is -2.27. The highest BCUT2D eigenvalue weighted by molar-refractivity contribution is 5.50. The van der Waals surface area contributed by atoms with E-state index in [4.69, 9.17) is 5.73 Å². The zero-order valence-electron chi connectivity index (χ0n) is 11.9. The number of nitrogens with two attached hydrogens (primary N) is 1. The van der Waals surface area contributed by atoms with Crippen LogP contribution in [-0.4, -0.2) is 12.6 Å². The molecule has 100 valence electrons. The smallest absolute Gasteiger partial charge is 0.0369 e. The summed E-state index contributed by atoms with van der Waals surface area (Å²) in [6, 6.07) is 9.83. The van der Waals surface area contributed by atoms with E-state index in [1.807, 2.05) is 0 Å². The largest absolute Gasteiger partial charge is 0.368 e. The first kappa shape index (κ1) is 13.4. The highest BCUT2D eigenvalue weighted by Crippen LogP contribution is 2.32. The molecule has 0 aromatic heterocycles. The molecule has 18 heavy (non-hydrogen) atoms. The van der Waals surface area contributed by atoms with E-state index in [-0.39, 0.29) is 6.04 Å². The summed E-state index contributed by atoms with van der Waals surface area (Å²) in [5, 5.41) is 0. The maximum absolute atomic E-state index is 6.06. The van der Waals surface area contributed by atoms with Gasteiger partial charge in [0.2, 0.25) is 0 Å². The van der Waals surface area contributed by atoms with E-state index >= 15 is 0 Å². The van der Waals surface area contributed by atoms with E-state index in [2.05, 4.69) is 49.9 Å². The average Bonchev–Trinajstić information content (AvgIpc) is 3.19. The minimum Gasteiger partial charge on any atom is -0.368 e.